The van der Waals surface area contributed by atoms with Crippen LogP contribution in [0.1, 0.15) is 19.8 Å². The lowest BCUT2D eigenvalue weighted by molar-refractivity contribution is 0.321. The number of hydrogen-bond donors (Lipinski definition) is 0. The van der Waals surface area contributed by atoms with Gasteiger partial charge in [0.05, 0.1) is 5.83 Å². The largest absolute Gasteiger partial charge is 0.300 e. The number of halogens is 1. The Morgan fingerprint density at radius 1 is 1.70 bits per heavy atom. The zero-order valence-corrected chi connectivity index (χ0v) is 6.44. The van der Waals surface area contributed by atoms with Gasteiger partial charge in [0.2, 0.25) is 0 Å². The van der Waals surface area contributed by atoms with Crippen LogP contribution in [-0.2, 0) is 0 Å². The highest BCUT2D eigenvalue weighted by molar-refractivity contribution is 4.95. The molecule has 0 spiro atoms. The van der Waals surface area contributed by atoms with E-state index in [0.29, 0.717) is 6.42 Å². The van der Waals surface area contributed by atoms with E-state index in [1.807, 2.05) is 0 Å². The van der Waals surface area contributed by atoms with Crippen molar-refractivity contribution in [3.05, 3.63) is 11.9 Å². The van der Waals surface area contributed by atoms with Crippen molar-refractivity contribution in [1.29, 1.82) is 0 Å². The van der Waals surface area contributed by atoms with Gasteiger partial charge in [-0.1, -0.05) is 6.92 Å². The molecule has 0 aromatic carbocycles. The average molecular weight is 143 g/mol. The molecule has 0 aromatic heterocycles. The zero-order chi connectivity index (χ0) is 7.40. The molecule has 0 aliphatic carbocycles. The van der Waals surface area contributed by atoms with E-state index in [1.54, 1.807) is 6.08 Å². The fourth-order valence-electron chi connectivity index (χ4n) is 1.18. The molecule has 1 aliphatic heterocycles. The van der Waals surface area contributed by atoms with Crippen molar-refractivity contribution in [1.82, 2.24) is 4.90 Å². The molecule has 0 radical (unpaired) electrons. The van der Waals surface area contributed by atoms with Gasteiger partial charge in [0.15, 0.2) is 0 Å². The molecule has 0 saturated carbocycles. The highest BCUT2D eigenvalue weighted by Crippen LogP contribution is 2.11. The molecule has 0 unspecified atom stereocenters. The first-order valence-electron chi connectivity index (χ1n) is 3.90. The van der Waals surface area contributed by atoms with Crippen molar-refractivity contribution in [2.45, 2.75) is 19.8 Å². The molecule has 1 rings (SSSR count). The summed E-state index contributed by atoms with van der Waals surface area (Å²) in [6, 6.07) is 0. The second-order valence-electron chi connectivity index (χ2n) is 2.65. The molecule has 10 heavy (non-hydrogen) atoms. The number of likely N-dealkylation sites (N-methyl/N-ethyl adjacent to an activating group) is 1. The number of hydrogen-bond acceptors (Lipinski definition) is 1. The first kappa shape index (κ1) is 7.73. The van der Waals surface area contributed by atoms with Gasteiger partial charge in [-0.15, -0.1) is 0 Å². The molecular weight excluding hydrogens is 129 g/mol. The summed E-state index contributed by atoms with van der Waals surface area (Å²) in [5.74, 6) is 0.0657. The lowest BCUT2D eigenvalue weighted by Gasteiger charge is -2.14. The lowest BCUT2D eigenvalue weighted by atomic mass is 10.3. The summed E-state index contributed by atoms with van der Waals surface area (Å²) < 4.78 is 12.6. The third kappa shape index (κ3) is 2.10. The average Bonchev–Trinajstić information content (AvgIpc) is 2.14. The molecule has 0 saturated heterocycles. The predicted octanol–water partition coefficient (Wildman–Crippen LogP) is 1.96. The Balaban J connectivity index is 2.40. The molecule has 0 bridgehead atoms. The van der Waals surface area contributed by atoms with E-state index in [9.17, 15) is 4.39 Å². The van der Waals surface area contributed by atoms with Crippen LogP contribution >= 0.6 is 0 Å². The van der Waals surface area contributed by atoms with E-state index >= 15 is 0 Å². The first-order chi connectivity index (χ1) is 4.83. The van der Waals surface area contributed by atoms with E-state index in [1.165, 1.54) is 0 Å². The van der Waals surface area contributed by atoms with Crippen LogP contribution in [0.2, 0.25) is 0 Å². The first-order valence-corrected chi connectivity index (χ1v) is 3.90. The van der Waals surface area contributed by atoms with Crippen LogP contribution in [-0.4, -0.2) is 24.5 Å². The fraction of sp³-hybridized carbons (Fsp3) is 0.750. The highest BCUT2D eigenvalue weighted by Gasteiger charge is 2.06. The summed E-state index contributed by atoms with van der Waals surface area (Å²) in [6.07, 6.45) is 3.29. The number of allylic oxidation sites excluding steroid dienone is 1. The Morgan fingerprint density at radius 2 is 2.50 bits per heavy atom. The molecule has 1 heterocycles. The fourth-order valence-corrected chi connectivity index (χ4v) is 1.18. The molecule has 0 atom stereocenters. The van der Waals surface area contributed by atoms with Crippen LogP contribution in [0.5, 0.6) is 0 Å². The molecule has 0 N–H and O–H groups in total. The Labute approximate surface area is 61.5 Å². The van der Waals surface area contributed by atoms with Crippen LogP contribution in [0.15, 0.2) is 11.9 Å². The van der Waals surface area contributed by atoms with Gasteiger partial charge in [0.25, 0.3) is 0 Å². The quantitative estimate of drug-likeness (QED) is 0.542. The van der Waals surface area contributed by atoms with Crippen molar-refractivity contribution >= 4 is 0 Å². The SMILES string of the molecule is CCN1CC=C(F)CCC1. The van der Waals surface area contributed by atoms with E-state index in [0.717, 1.165) is 26.1 Å². The minimum absolute atomic E-state index is 0.0657. The molecule has 1 aliphatic rings. The molecular formula is C8H14FN. The van der Waals surface area contributed by atoms with Gasteiger partial charge in [0.1, 0.15) is 0 Å². The highest BCUT2D eigenvalue weighted by atomic mass is 19.1. The third-order valence-electron chi connectivity index (χ3n) is 1.91. The van der Waals surface area contributed by atoms with Gasteiger partial charge in [-0.05, 0) is 25.6 Å². The second kappa shape index (κ2) is 3.71. The minimum atomic E-state index is 0.0657. The number of rotatable bonds is 1. The Kier molecular flexibility index (Phi) is 2.87. The van der Waals surface area contributed by atoms with Crippen LogP contribution in [0.25, 0.3) is 0 Å². The van der Waals surface area contributed by atoms with Gasteiger partial charge >= 0.3 is 0 Å². The summed E-state index contributed by atoms with van der Waals surface area (Å²) in [6.45, 7) is 4.98. The molecule has 1 nitrogen and oxygen atoms in total. The molecule has 0 aromatic rings. The second-order valence-corrected chi connectivity index (χ2v) is 2.65. The molecule has 0 fully saturated rings. The zero-order valence-electron chi connectivity index (χ0n) is 6.44. The van der Waals surface area contributed by atoms with Gasteiger partial charge in [-0.25, -0.2) is 4.39 Å². The maximum absolute atomic E-state index is 12.6. The van der Waals surface area contributed by atoms with Crippen molar-refractivity contribution < 1.29 is 4.39 Å². The van der Waals surface area contributed by atoms with Crippen LogP contribution < -0.4 is 0 Å². The maximum atomic E-state index is 12.6. The molecule has 58 valence electrons. The normalized spacial score (nSPS) is 22.0. The van der Waals surface area contributed by atoms with E-state index in [-0.39, 0.29) is 5.83 Å². The van der Waals surface area contributed by atoms with Gasteiger partial charge < -0.3 is 0 Å². The van der Waals surface area contributed by atoms with E-state index in [2.05, 4.69) is 11.8 Å². The third-order valence-corrected chi connectivity index (χ3v) is 1.91. The smallest absolute Gasteiger partial charge is 0.0973 e. The Morgan fingerprint density at radius 3 is 3.20 bits per heavy atom. The van der Waals surface area contributed by atoms with Crippen molar-refractivity contribution in [2.24, 2.45) is 0 Å². The monoisotopic (exact) mass is 143 g/mol. The van der Waals surface area contributed by atoms with Crippen LogP contribution in [0, 0.1) is 0 Å². The summed E-state index contributed by atoms with van der Waals surface area (Å²) >= 11 is 0. The topological polar surface area (TPSA) is 3.24 Å². The molecule has 0 amide bonds. The maximum Gasteiger partial charge on any atom is 0.0973 e. The number of nitrogens with zero attached hydrogens (tertiary/aromatic N) is 1. The van der Waals surface area contributed by atoms with Gasteiger partial charge in [-0.2, -0.15) is 0 Å². The summed E-state index contributed by atoms with van der Waals surface area (Å²) in [5.41, 5.74) is 0. The predicted molar refractivity (Wildman–Crippen MR) is 40.5 cm³/mol. The standard InChI is InChI=1S/C8H14FN/c1-2-10-6-3-4-8(9)5-7-10/h5H,2-4,6-7H2,1H3. The summed E-state index contributed by atoms with van der Waals surface area (Å²) in [7, 11) is 0. The molecule has 2 heteroatoms. The van der Waals surface area contributed by atoms with Crippen LogP contribution in [0.3, 0.4) is 0 Å². The Hall–Kier alpha value is -0.370. The van der Waals surface area contributed by atoms with Gasteiger partial charge in [-0.3, -0.25) is 4.90 Å². The Bertz CT molecular complexity index is 131. The lowest BCUT2D eigenvalue weighted by Crippen LogP contribution is -2.23. The van der Waals surface area contributed by atoms with Gasteiger partial charge in [0, 0.05) is 13.0 Å². The van der Waals surface area contributed by atoms with Crippen molar-refractivity contribution in [3.8, 4) is 0 Å². The minimum Gasteiger partial charge on any atom is -0.300 e. The van der Waals surface area contributed by atoms with E-state index in [4.69, 9.17) is 0 Å². The van der Waals surface area contributed by atoms with E-state index < -0.39 is 0 Å². The summed E-state index contributed by atoms with van der Waals surface area (Å²) in [5, 5.41) is 0. The van der Waals surface area contributed by atoms with Crippen molar-refractivity contribution in [2.75, 3.05) is 19.6 Å². The summed E-state index contributed by atoms with van der Waals surface area (Å²) in [4.78, 5) is 2.24. The van der Waals surface area contributed by atoms with Crippen molar-refractivity contribution in [3.63, 3.8) is 0 Å². The van der Waals surface area contributed by atoms with Crippen LogP contribution in [0.4, 0.5) is 4.39 Å².